The predicted molar refractivity (Wildman–Crippen MR) is 74.8 cm³/mol. The minimum absolute atomic E-state index is 0.155. The molecule has 0 saturated heterocycles. The van der Waals surface area contributed by atoms with E-state index in [1.165, 1.54) is 6.92 Å². The van der Waals surface area contributed by atoms with Gasteiger partial charge < -0.3 is 4.74 Å². The van der Waals surface area contributed by atoms with E-state index in [2.05, 4.69) is 0 Å². The summed E-state index contributed by atoms with van der Waals surface area (Å²) in [6.45, 7) is 1.65. The van der Waals surface area contributed by atoms with Crippen LogP contribution in [0, 0.1) is 18.7 Å². The molecule has 1 saturated carbocycles. The maximum absolute atomic E-state index is 13.8. The van der Waals surface area contributed by atoms with Crippen molar-refractivity contribution in [1.82, 2.24) is 0 Å². The van der Waals surface area contributed by atoms with Crippen LogP contribution in [0.5, 0.6) is 0 Å². The molecule has 0 spiro atoms. The molecule has 0 aliphatic heterocycles. The lowest BCUT2D eigenvalue weighted by molar-refractivity contribution is 0.0437. The number of carbonyl (C=O) groups excluding carboxylic acids is 1. The third kappa shape index (κ3) is 3.79. The number of esters is 1. The fourth-order valence-electron chi connectivity index (χ4n) is 2.56. The maximum atomic E-state index is 13.8. The Hall–Kier alpha value is -1.47. The highest BCUT2D eigenvalue weighted by atomic mass is 32.2. The Morgan fingerprint density at radius 1 is 1.38 bits per heavy atom. The fourth-order valence-corrected chi connectivity index (χ4v) is 3.35. The summed E-state index contributed by atoms with van der Waals surface area (Å²) in [6.07, 6.45) is 4.20. The van der Waals surface area contributed by atoms with E-state index in [0.29, 0.717) is 5.92 Å². The van der Waals surface area contributed by atoms with E-state index in [4.69, 9.17) is 9.88 Å². The van der Waals surface area contributed by atoms with E-state index >= 15 is 0 Å². The standard InChI is InChI=1S/C14H18FNO4S/c1-9-6-12(15)11(7-13(9)21(16,18)19)14(17)20-8-10-4-2-3-5-10/h6-7,10H,2-5,8H2,1H3,(H2,16,18,19). The van der Waals surface area contributed by atoms with Gasteiger partial charge in [-0.05, 0) is 43.4 Å². The first-order chi connectivity index (χ1) is 9.79. The van der Waals surface area contributed by atoms with Gasteiger partial charge in [0.15, 0.2) is 0 Å². The number of hydrogen-bond donors (Lipinski definition) is 1. The average molecular weight is 315 g/mol. The Bertz CT molecular complexity index is 651. The van der Waals surface area contributed by atoms with Crippen LogP contribution >= 0.6 is 0 Å². The number of sulfonamides is 1. The molecule has 1 aliphatic carbocycles. The molecule has 1 aliphatic rings. The molecular formula is C14H18FNO4S. The van der Waals surface area contributed by atoms with Crippen LogP contribution in [0.1, 0.15) is 41.6 Å². The van der Waals surface area contributed by atoms with Gasteiger partial charge in [-0.25, -0.2) is 22.7 Å². The normalized spacial score (nSPS) is 16.1. The first-order valence-corrected chi connectivity index (χ1v) is 8.33. The van der Waals surface area contributed by atoms with E-state index in [0.717, 1.165) is 37.8 Å². The van der Waals surface area contributed by atoms with Gasteiger partial charge in [0.05, 0.1) is 17.1 Å². The summed E-state index contributed by atoms with van der Waals surface area (Å²) >= 11 is 0. The van der Waals surface area contributed by atoms with Gasteiger partial charge in [0.1, 0.15) is 5.82 Å². The lowest BCUT2D eigenvalue weighted by Crippen LogP contribution is -2.17. The van der Waals surface area contributed by atoms with Gasteiger partial charge in [-0.3, -0.25) is 0 Å². The van der Waals surface area contributed by atoms with Gasteiger partial charge in [-0.2, -0.15) is 0 Å². The monoisotopic (exact) mass is 315 g/mol. The zero-order valence-corrected chi connectivity index (χ0v) is 12.6. The van der Waals surface area contributed by atoms with E-state index in [-0.39, 0.29) is 17.1 Å². The molecule has 1 aromatic rings. The van der Waals surface area contributed by atoms with Gasteiger partial charge in [0.2, 0.25) is 10.0 Å². The van der Waals surface area contributed by atoms with Crippen LogP contribution in [0.15, 0.2) is 17.0 Å². The summed E-state index contributed by atoms with van der Waals surface area (Å²) in [5, 5.41) is 5.05. The molecule has 21 heavy (non-hydrogen) atoms. The van der Waals surface area contributed by atoms with Crippen molar-refractivity contribution >= 4 is 16.0 Å². The second-order valence-electron chi connectivity index (χ2n) is 5.39. The third-order valence-electron chi connectivity index (χ3n) is 3.72. The quantitative estimate of drug-likeness (QED) is 0.862. The van der Waals surface area contributed by atoms with Crippen LogP contribution in [0.3, 0.4) is 0 Å². The van der Waals surface area contributed by atoms with E-state index < -0.39 is 27.4 Å². The molecule has 7 heteroatoms. The summed E-state index contributed by atoms with van der Waals surface area (Å²) in [5.41, 5.74) is -0.245. The molecule has 0 radical (unpaired) electrons. The molecular weight excluding hydrogens is 297 g/mol. The molecule has 2 rings (SSSR count). The van der Waals surface area contributed by atoms with Crippen molar-refractivity contribution in [1.29, 1.82) is 0 Å². The lowest BCUT2D eigenvalue weighted by Gasteiger charge is -2.12. The minimum Gasteiger partial charge on any atom is -0.462 e. The van der Waals surface area contributed by atoms with Crippen molar-refractivity contribution in [2.45, 2.75) is 37.5 Å². The summed E-state index contributed by atoms with van der Waals surface area (Å²) in [6, 6.07) is 1.92. The number of nitrogens with two attached hydrogens (primary N) is 1. The molecule has 0 heterocycles. The highest BCUT2D eigenvalue weighted by Crippen LogP contribution is 2.25. The van der Waals surface area contributed by atoms with Crippen LogP contribution < -0.4 is 5.14 Å². The second kappa shape index (κ2) is 6.11. The molecule has 116 valence electrons. The Labute approximate surface area is 123 Å². The van der Waals surface area contributed by atoms with Crippen LogP contribution in [0.2, 0.25) is 0 Å². The van der Waals surface area contributed by atoms with Gasteiger partial charge in [-0.1, -0.05) is 12.8 Å². The number of primary sulfonamides is 1. The molecule has 0 amide bonds. The number of carbonyl (C=O) groups is 1. The molecule has 1 aromatic carbocycles. The first-order valence-electron chi connectivity index (χ1n) is 6.79. The van der Waals surface area contributed by atoms with E-state index in [1.54, 1.807) is 0 Å². The smallest absolute Gasteiger partial charge is 0.341 e. The summed E-state index contributed by atoms with van der Waals surface area (Å²) < 4.78 is 41.7. The summed E-state index contributed by atoms with van der Waals surface area (Å²) in [5.74, 6) is -1.36. The second-order valence-corrected chi connectivity index (χ2v) is 6.92. The number of halogens is 1. The van der Waals surface area contributed by atoms with Gasteiger partial charge in [0, 0.05) is 0 Å². The molecule has 0 bridgehead atoms. The van der Waals surface area contributed by atoms with Crippen LogP contribution in [0.25, 0.3) is 0 Å². The summed E-state index contributed by atoms with van der Waals surface area (Å²) in [7, 11) is -4.01. The third-order valence-corrected chi connectivity index (χ3v) is 4.77. The number of aryl methyl sites for hydroxylation is 1. The topological polar surface area (TPSA) is 86.5 Å². The molecule has 0 aromatic heterocycles. The van der Waals surface area contributed by atoms with Gasteiger partial charge >= 0.3 is 5.97 Å². The average Bonchev–Trinajstić information content (AvgIpc) is 2.87. The van der Waals surface area contributed by atoms with Crippen molar-refractivity contribution in [3.63, 3.8) is 0 Å². The fraction of sp³-hybridized carbons (Fsp3) is 0.500. The highest BCUT2D eigenvalue weighted by Gasteiger charge is 2.22. The lowest BCUT2D eigenvalue weighted by atomic mass is 10.1. The number of rotatable bonds is 4. The summed E-state index contributed by atoms with van der Waals surface area (Å²) in [4.78, 5) is 11.6. The van der Waals surface area contributed by atoms with Gasteiger partial charge in [-0.15, -0.1) is 0 Å². The van der Waals surface area contributed by atoms with Crippen molar-refractivity contribution in [2.75, 3.05) is 6.61 Å². The van der Waals surface area contributed by atoms with E-state index in [1.807, 2.05) is 0 Å². The largest absolute Gasteiger partial charge is 0.462 e. The highest BCUT2D eigenvalue weighted by molar-refractivity contribution is 7.89. The Balaban J connectivity index is 2.20. The SMILES string of the molecule is Cc1cc(F)c(C(=O)OCC2CCCC2)cc1S(N)(=O)=O. The zero-order chi connectivity index (χ0) is 15.6. The van der Waals surface area contributed by atoms with Crippen molar-refractivity contribution in [3.05, 3.63) is 29.1 Å². The number of ether oxygens (including phenoxy) is 1. The van der Waals surface area contributed by atoms with Crippen LogP contribution in [0.4, 0.5) is 4.39 Å². The van der Waals surface area contributed by atoms with E-state index in [9.17, 15) is 17.6 Å². The van der Waals surface area contributed by atoms with Crippen molar-refractivity contribution < 1.29 is 22.3 Å². The zero-order valence-electron chi connectivity index (χ0n) is 11.8. The predicted octanol–water partition coefficient (Wildman–Crippen LogP) is 2.13. The number of benzene rings is 1. The Morgan fingerprint density at radius 2 is 2.00 bits per heavy atom. The Morgan fingerprint density at radius 3 is 2.57 bits per heavy atom. The first kappa shape index (κ1) is 15.9. The molecule has 1 fully saturated rings. The van der Waals surface area contributed by atoms with Gasteiger partial charge in [0.25, 0.3) is 0 Å². The number of hydrogen-bond acceptors (Lipinski definition) is 4. The molecule has 0 atom stereocenters. The minimum atomic E-state index is -4.01. The Kier molecular flexibility index (Phi) is 4.63. The molecule has 5 nitrogen and oxygen atoms in total. The van der Waals surface area contributed by atoms with Crippen molar-refractivity contribution in [3.8, 4) is 0 Å². The molecule has 0 unspecified atom stereocenters. The van der Waals surface area contributed by atoms with Crippen LogP contribution in [-0.4, -0.2) is 21.0 Å². The van der Waals surface area contributed by atoms with Crippen molar-refractivity contribution in [2.24, 2.45) is 11.1 Å². The molecule has 2 N–H and O–H groups in total. The maximum Gasteiger partial charge on any atom is 0.341 e. The van der Waals surface area contributed by atoms with Crippen LogP contribution in [-0.2, 0) is 14.8 Å².